The number of carbonyl (C=O) groups excluding carboxylic acids is 1. The molecule has 0 aliphatic rings. The number of anilines is 1. The van der Waals surface area contributed by atoms with Gasteiger partial charge in [0.2, 0.25) is 5.91 Å². The summed E-state index contributed by atoms with van der Waals surface area (Å²) in [6.45, 7) is 0.487. The van der Waals surface area contributed by atoms with Crippen molar-refractivity contribution in [3.05, 3.63) is 46.9 Å². The van der Waals surface area contributed by atoms with E-state index < -0.39 is 0 Å². The second kappa shape index (κ2) is 9.17. The van der Waals surface area contributed by atoms with Gasteiger partial charge in [0.1, 0.15) is 5.75 Å². The van der Waals surface area contributed by atoms with Gasteiger partial charge in [-0.2, -0.15) is 0 Å². The summed E-state index contributed by atoms with van der Waals surface area (Å²) in [5.41, 5.74) is 0.673. The van der Waals surface area contributed by atoms with Gasteiger partial charge in [0.15, 0.2) is 11.5 Å². The zero-order chi connectivity index (χ0) is 17.4. The summed E-state index contributed by atoms with van der Waals surface area (Å²) in [7, 11) is 3.13. The Hall–Kier alpha value is -2.21. The van der Waals surface area contributed by atoms with Crippen LogP contribution in [0.3, 0.4) is 0 Å². The Morgan fingerprint density at radius 2 is 1.75 bits per heavy atom. The van der Waals surface area contributed by atoms with Gasteiger partial charge < -0.3 is 19.5 Å². The summed E-state index contributed by atoms with van der Waals surface area (Å²) in [4.78, 5) is 12.0. The first-order valence-corrected chi connectivity index (χ1v) is 8.32. The van der Waals surface area contributed by atoms with E-state index in [1.807, 2.05) is 24.3 Å². The van der Waals surface area contributed by atoms with E-state index in [0.29, 0.717) is 36.6 Å². The van der Waals surface area contributed by atoms with E-state index in [1.165, 1.54) is 0 Å². The molecule has 0 spiro atoms. The van der Waals surface area contributed by atoms with E-state index in [0.717, 1.165) is 10.2 Å². The fourth-order valence-electron chi connectivity index (χ4n) is 2.09. The van der Waals surface area contributed by atoms with Gasteiger partial charge >= 0.3 is 0 Å². The molecule has 24 heavy (non-hydrogen) atoms. The summed E-state index contributed by atoms with van der Waals surface area (Å²) in [6.07, 6.45) is 1.01. The number of hydrogen-bond donors (Lipinski definition) is 1. The highest BCUT2D eigenvalue weighted by atomic mass is 79.9. The molecule has 1 N–H and O–H groups in total. The summed E-state index contributed by atoms with van der Waals surface area (Å²) < 4.78 is 17.0. The molecule has 0 saturated heterocycles. The van der Waals surface area contributed by atoms with Gasteiger partial charge in [-0.15, -0.1) is 0 Å². The van der Waals surface area contributed by atoms with Crippen LogP contribution in [0.2, 0.25) is 0 Å². The highest BCUT2D eigenvalue weighted by molar-refractivity contribution is 9.10. The Bertz CT molecular complexity index is 673. The lowest BCUT2D eigenvalue weighted by molar-refractivity contribution is -0.116. The Morgan fingerprint density at radius 3 is 2.42 bits per heavy atom. The van der Waals surface area contributed by atoms with Crippen molar-refractivity contribution in [3.63, 3.8) is 0 Å². The van der Waals surface area contributed by atoms with Crippen molar-refractivity contribution in [1.29, 1.82) is 0 Å². The maximum absolute atomic E-state index is 12.0. The number of amides is 1. The maximum atomic E-state index is 12.0. The number of ether oxygens (including phenoxy) is 3. The lowest BCUT2D eigenvalue weighted by atomic mass is 10.2. The van der Waals surface area contributed by atoms with Crippen LogP contribution >= 0.6 is 15.9 Å². The highest BCUT2D eigenvalue weighted by Gasteiger charge is 2.07. The van der Waals surface area contributed by atoms with Gasteiger partial charge in [-0.25, -0.2) is 0 Å². The lowest BCUT2D eigenvalue weighted by Gasteiger charge is -2.11. The minimum absolute atomic E-state index is 0.0679. The van der Waals surface area contributed by atoms with Crippen LogP contribution in [-0.4, -0.2) is 26.7 Å². The highest BCUT2D eigenvalue weighted by Crippen LogP contribution is 2.29. The third-order valence-corrected chi connectivity index (χ3v) is 3.83. The van der Waals surface area contributed by atoms with Crippen molar-refractivity contribution in [3.8, 4) is 17.2 Å². The van der Waals surface area contributed by atoms with Gasteiger partial charge in [-0.1, -0.05) is 15.9 Å². The molecule has 6 heteroatoms. The molecular formula is C18H20BrNO4. The van der Waals surface area contributed by atoms with Gasteiger partial charge in [0.05, 0.1) is 20.8 Å². The topological polar surface area (TPSA) is 56.8 Å². The fraction of sp³-hybridized carbons (Fsp3) is 0.278. The molecule has 0 bridgehead atoms. The zero-order valence-corrected chi connectivity index (χ0v) is 15.3. The van der Waals surface area contributed by atoms with Crippen LogP contribution in [0.5, 0.6) is 17.2 Å². The molecule has 0 saturated carbocycles. The SMILES string of the molecule is COc1ccc(NC(=O)CCCOc2ccc(Br)cc2)cc1OC. The molecule has 0 heterocycles. The molecule has 0 radical (unpaired) electrons. The molecule has 0 atom stereocenters. The summed E-state index contributed by atoms with van der Waals surface area (Å²) in [5, 5.41) is 2.84. The molecule has 2 aromatic rings. The average molecular weight is 394 g/mol. The summed E-state index contributed by atoms with van der Waals surface area (Å²) >= 11 is 3.37. The van der Waals surface area contributed by atoms with Gasteiger partial charge in [0, 0.05) is 22.6 Å². The molecule has 0 aliphatic carbocycles. The minimum Gasteiger partial charge on any atom is -0.494 e. The number of hydrogen-bond acceptors (Lipinski definition) is 4. The third kappa shape index (κ3) is 5.45. The summed E-state index contributed by atoms with van der Waals surface area (Å²) in [5.74, 6) is 1.92. The van der Waals surface area contributed by atoms with Crippen LogP contribution in [-0.2, 0) is 4.79 Å². The Kier molecular flexibility index (Phi) is 6.93. The predicted molar refractivity (Wildman–Crippen MR) is 97.0 cm³/mol. The smallest absolute Gasteiger partial charge is 0.224 e. The molecule has 5 nitrogen and oxygen atoms in total. The Balaban J connectivity index is 1.76. The molecular weight excluding hydrogens is 374 g/mol. The van der Waals surface area contributed by atoms with Crippen molar-refractivity contribution in [2.75, 3.05) is 26.1 Å². The van der Waals surface area contributed by atoms with Gasteiger partial charge in [-0.3, -0.25) is 4.79 Å². The van der Waals surface area contributed by atoms with E-state index in [-0.39, 0.29) is 5.91 Å². The van der Waals surface area contributed by atoms with Crippen molar-refractivity contribution < 1.29 is 19.0 Å². The molecule has 128 valence electrons. The van der Waals surface area contributed by atoms with Crippen LogP contribution in [0.1, 0.15) is 12.8 Å². The quantitative estimate of drug-likeness (QED) is 0.680. The molecule has 0 aromatic heterocycles. The molecule has 2 rings (SSSR count). The minimum atomic E-state index is -0.0679. The molecule has 1 amide bonds. The third-order valence-electron chi connectivity index (χ3n) is 3.30. The van der Waals surface area contributed by atoms with Crippen molar-refractivity contribution in [1.82, 2.24) is 0 Å². The standard InChI is InChI=1S/C18H20BrNO4/c1-22-16-10-7-14(12-17(16)23-2)20-18(21)4-3-11-24-15-8-5-13(19)6-9-15/h5-10,12H,3-4,11H2,1-2H3,(H,20,21). The first-order chi connectivity index (χ1) is 11.6. The number of methoxy groups -OCH3 is 2. The zero-order valence-electron chi connectivity index (χ0n) is 13.7. The fourth-order valence-corrected chi connectivity index (χ4v) is 2.36. The van der Waals surface area contributed by atoms with Crippen LogP contribution in [0, 0.1) is 0 Å². The largest absolute Gasteiger partial charge is 0.494 e. The number of nitrogens with one attached hydrogen (secondary N) is 1. The first-order valence-electron chi connectivity index (χ1n) is 7.52. The molecule has 0 fully saturated rings. The van der Waals surface area contributed by atoms with Gasteiger partial charge in [-0.05, 0) is 42.8 Å². The van der Waals surface area contributed by atoms with Crippen LogP contribution < -0.4 is 19.5 Å². The first kappa shape index (κ1) is 18.1. The Labute approximate surface area is 150 Å². The molecule has 2 aromatic carbocycles. The van der Waals surface area contributed by atoms with E-state index in [4.69, 9.17) is 14.2 Å². The van der Waals surface area contributed by atoms with Crippen LogP contribution in [0.15, 0.2) is 46.9 Å². The van der Waals surface area contributed by atoms with E-state index >= 15 is 0 Å². The van der Waals surface area contributed by atoms with Crippen LogP contribution in [0.25, 0.3) is 0 Å². The van der Waals surface area contributed by atoms with E-state index in [9.17, 15) is 4.79 Å². The lowest BCUT2D eigenvalue weighted by Crippen LogP contribution is -2.13. The average Bonchev–Trinajstić information content (AvgIpc) is 2.60. The molecule has 0 aliphatic heterocycles. The second-order valence-corrected chi connectivity index (χ2v) is 5.94. The predicted octanol–water partition coefficient (Wildman–Crippen LogP) is 4.26. The van der Waals surface area contributed by atoms with Gasteiger partial charge in [0.25, 0.3) is 0 Å². The van der Waals surface area contributed by atoms with Crippen molar-refractivity contribution in [2.24, 2.45) is 0 Å². The normalized spacial score (nSPS) is 10.1. The van der Waals surface area contributed by atoms with Crippen molar-refractivity contribution >= 4 is 27.5 Å². The Morgan fingerprint density at radius 1 is 1.04 bits per heavy atom. The number of carbonyl (C=O) groups is 1. The van der Waals surface area contributed by atoms with Crippen molar-refractivity contribution in [2.45, 2.75) is 12.8 Å². The molecule has 0 unspecified atom stereocenters. The number of rotatable bonds is 8. The van der Waals surface area contributed by atoms with E-state index in [2.05, 4.69) is 21.2 Å². The number of halogens is 1. The monoisotopic (exact) mass is 393 g/mol. The maximum Gasteiger partial charge on any atom is 0.224 e. The van der Waals surface area contributed by atoms with Crippen LogP contribution in [0.4, 0.5) is 5.69 Å². The number of benzene rings is 2. The second-order valence-electron chi connectivity index (χ2n) is 5.02. The summed E-state index contributed by atoms with van der Waals surface area (Å²) in [6, 6.07) is 12.9. The van der Waals surface area contributed by atoms with E-state index in [1.54, 1.807) is 32.4 Å².